The van der Waals surface area contributed by atoms with Gasteiger partial charge in [0.1, 0.15) is 27.9 Å². The molecule has 7 nitrogen and oxygen atoms in total. The molecule has 0 aliphatic carbocycles. The molecule has 28 heavy (non-hydrogen) atoms. The second kappa shape index (κ2) is 8.57. The summed E-state index contributed by atoms with van der Waals surface area (Å²) in [6.45, 7) is 4.02. The van der Waals surface area contributed by atoms with Crippen LogP contribution in [0.25, 0.3) is 0 Å². The molecule has 0 aliphatic rings. The Labute approximate surface area is 174 Å². The van der Waals surface area contributed by atoms with Crippen LogP contribution in [0, 0.1) is 13.8 Å². The van der Waals surface area contributed by atoms with Crippen LogP contribution in [-0.4, -0.2) is 21.4 Å². The van der Waals surface area contributed by atoms with Crippen molar-refractivity contribution in [3.63, 3.8) is 0 Å². The third kappa shape index (κ3) is 4.79. The van der Waals surface area contributed by atoms with Crippen molar-refractivity contribution in [1.82, 2.24) is 20.4 Å². The minimum absolute atomic E-state index is 0.269. The molecule has 2 N–H and O–H groups in total. The first-order valence-electron chi connectivity index (χ1n) is 8.42. The third-order valence-corrected chi connectivity index (χ3v) is 5.49. The first kappa shape index (κ1) is 20.1. The van der Waals surface area contributed by atoms with Gasteiger partial charge in [-0.2, -0.15) is 0 Å². The molecule has 0 saturated heterocycles. The molecule has 0 saturated carbocycles. The lowest BCUT2D eigenvalue weighted by Gasteiger charge is -2.07. The molecule has 0 bridgehead atoms. The standard InChI is InChI=1S/C19H19BrN4O3S/c1-11-4-6-14(7-5-11)27-10-16-21-12(2)17(28-16)19(26)23-22-18(25)15-8-13(20)9-24(15)3/h4-9H,10H2,1-3H3,(H,22,25)(H,23,26). The highest BCUT2D eigenvalue weighted by Crippen LogP contribution is 2.20. The van der Waals surface area contributed by atoms with Gasteiger partial charge in [-0.3, -0.25) is 20.4 Å². The molecule has 0 radical (unpaired) electrons. The highest BCUT2D eigenvalue weighted by Gasteiger charge is 2.17. The topological polar surface area (TPSA) is 85.2 Å². The number of ether oxygens (including phenoxy) is 1. The third-order valence-electron chi connectivity index (χ3n) is 3.92. The van der Waals surface area contributed by atoms with Gasteiger partial charge < -0.3 is 9.30 Å². The molecular weight excluding hydrogens is 444 g/mol. The van der Waals surface area contributed by atoms with Crippen LogP contribution in [0.4, 0.5) is 0 Å². The largest absolute Gasteiger partial charge is 0.486 e. The summed E-state index contributed by atoms with van der Waals surface area (Å²) in [6, 6.07) is 9.38. The van der Waals surface area contributed by atoms with Crippen molar-refractivity contribution in [2.45, 2.75) is 20.5 Å². The van der Waals surface area contributed by atoms with E-state index in [1.807, 2.05) is 31.2 Å². The van der Waals surface area contributed by atoms with Crippen molar-refractivity contribution in [2.24, 2.45) is 7.05 Å². The highest BCUT2D eigenvalue weighted by molar-refractivity contribution is 9.10. The molecule has 0 atom stereocenters. The molecule has 0 spiro atoms. The zero-order valence-electron chi connectivity index (χ0n) is 15.6. The molecule has 0 aliphatic heterocycles. The summed E-state index contributed by atoms with van der Waals surface area (Å²) in [6.07, 6.45) is 1.75. The van der Waals surface area contributed by atoms with E-state index >= 15 is 0 Å². The van der Waals surface area contributed by atoms with Gasteiger partial charge in [0.2, 0.25) is 0 Å². The number of amides is 2. The fourth-order valence-electron chi connectivity index (χ4n) is 2.49. The minimum atomic E-state index is -0.418. The number of thiazole rings is 1. The van der Waals surface area contributed by atoms with E-state index in [1.54, 1.807) is 30.8 Å². The smallest absolute Gasteiger partial charge is 0.286 e. The van der Waals surface area contributed by atoms with Gasteiger partial charge in [-0.1, -0.05) is 17.7 Å². The molecule has 9 heteroatoms. The van der Waals surface area contributed by atoms with Crippen molar-refractivity contribution in [3.05, 3.63) is 67.8 Å². The number of aromatic nitrogens is 2. The molecule has 146 valence electrons. The summed E-state index contributed by atoms with van der Waals surface area (Å²) in [5.41, 5.74) is 7.00. The number of hydrazine groups is 1. The van der Waals surface area contributed by atoms with Crippen molar-refractivity contribution in [2.75, 3.05) is 0 Å². The molecule has 3 aromatic rings. The van der Waals surface area contributed by atoms with Crippen LogP contribution in [0.15, 0.2) is 41.0 Å². The number of halogens is 1. The van der Waals surface area contributed by atoms with Crippen molar-refractivity contribution < 1.29 is 14.3 Å². The van der Waals surface area contributed by atoms with E-state index in [2.05, 4.69) is 31.8 Å². The van der Waals surface area contributed by atoms with Crippen LogP contribution in [0.1, 0.15) is 36.4 Å². The van der Waals surface area contributed by atoms with Gasteiger partial charge in [0.05, 0.1) is 5.69 Å². The zero-order valence-corrected chi connectivity index (χ0v) is 18.0. The number of hydrogen-bond donors (Lipinski definition) is 2. The van der Waals surface area contributed by atoms with Gasteiger partial charge in [-0.15, -0.1) is 11.3 Å². The maximum Gasteiger partial charge on any atom is 0.286 e. The molecule has 1 aromatic carbocycles. The SMILES string of the molecule is Cc1ccc(OCc2nc(C)c(C(=O)NNC(=O)c3cc(Br)cn3C)s2)cc1. The number of nitrogens with zero attached hydrogens (tertiary/aromatic N) is 2. The van der Waals surface area contributed by atoms with Crippen molar-refractivity contribution in [1.29, 1.82) is 0 Å². The van der Waals surface area contributed by atoms with Crippen LogP contribution in [0.3, 0.4) is 0 Å². The molecule has 2 heterocycles. The predicted octanol–water partition coefficient (Wildman–Crippen LogP) is 3.51. The Balaban J connectivity index is 1.58. The Morgan fingerprint density at radius 1 is 1.18 bits per heavy atom. The quantitative estimate of drug-likeness (QED) is 0.568. The monoisotopic (exact) mass is 462 g/mol. The van der Waals surface area contributed by atoms with Gasteiger partial charge in [-0.25, -0.2) is 4.98 Å². The second-order valence-electron chi connectivity index (χ2n) is 6.19. The Kier molecular flexibility index (Phi) is 6.15. The Morgan fingerprint density at radius 3 is 2.50 bits per heavy atom. The molecule has 0 unspecified atom stereocenters. The van der Waals surface area contributed by atoms with E-state index in [9.17, 15) is 9.59 Å². The average Bonchev–Trinajstić information content (AvgIpc) is 3.20. The van der Waals surface area contributed by atoms with E-state index in [4.69, 9.17) is 4.74 Å². The van der Waals surface area contributed by atoms with Crippen molar-refractivity contribution in [3.8, 4) is 5.75 Å². The zero-order chi connectivity index (χ0) is 20.3. The van der Waals surface area contributed by atoms with Crippen LogP contribution in [-0.2, 0) is 13.7 Å². The van der Waals surface area contributed by atoms with Crippen LogP contribution >= 0.6 is 27.3 Å². The van der Waals surface area contributed by atoms with E-state index in [0.717, 1.165) is 15.8 Å². The number of carbonyl (C=O) groups excluding carboxylic acids is 2. The summed E-state index contributed by atoms with van der Waals surface area (Å²) in [5, 5.41) is 0.681. The number of benzene rings is 1. The summed E-state index contributed by atoms with van der Waals surface area (Å²) < 4.78 is 8.14. The minimum Gasteiger partial charge on any atom is -0.486 e. The number of rotatable bonds is 5. The molecule has 3 rings (SSSR count). The Hall–Kier alpha value is -2.65. The molecular formula is C19H19BrN4O3S. The van der Waals surface area contributed by atoms with Crippen LogP contribution in [0.2, 0.25) is 0 Å². The van der Waals surface area contributed by atoms with Gasteiger partial charge in [0, 0.05) is 17.7 Å². The second-order valence-corrected chi connectivity index (χ2v) is 8.19. The summed E-state index contributed by atoms with van der Waals surface area (Å²) in [5.74, 6) is -0.0877. The van der Waals surface area contributed by atoms with Crippen LogP contribution in [0.5, 0.6) is 5.75 Å². The fourth-order valence-corrected chi connectivity index (χ4v) is 3.89. The Bertz CT molecular complexity index is 1010. The van der Waals surface area contributed by atoms with Gasteiger partial charge >= 0.3 is 0 Å². The van der Waals surface area contributed by atoms with E-state index in [-0.39, 0.29) is 6.61 Å². The van der Waals surface area contributed by atoms with Crippen molar-refractivity contribution >= 4 is 39.1 Å². The summed E-state index contributed by atoms with van der Waals surface area (Å²) in [4.78, 5) is 29.4. The lowest BCUT2D eigenvalue weighted by molar-refractivity contribution is 0.0843. The van der Waals surface area contributed by atoms with Gasteiger partial charge in [0.25, 0.3) is 11.8 Å². The highest BCUT2D eigenvalue weighted by atomic mass is 79.9. The lowest BCUT2D eigenvalue weighted by Crippen LogP contribution is -2.42. The maximum absolute atomic E-state index is 12.4. The number of hydrogen-bond acceptors (Lipinski definition) is 5. The fraction of sp³-hybridized carbons (Fsp3) is 0.211. The average molecular weight is 463 g/mol. The summed E-state index contributed by atoms with van der Waals surface area (Å²) >= 11 is 4.54. The number of aryl methyl sites for hydroxylation is 3. The summed E-state index contributed by atoms with van der Waals surface area (Å²) in [7, 11) is 1.75. The van der Waals surface area contributed by atoms with E-state index in [1.165, 1.54) is 11.3 Å². The normalized spacial score (nSPS) is 10.6. The first-order chi connectivity index (χ1) is 13.3. The molecule has 0 fully saturated rings. The molecule has 2 aromatic heterocycles. The number of carbonyl (C=O) groups is 2. The van der Waals surface area contributed by atoms with Gasteiger partial charge in [-0.05, 0) is 48.0 Å². The van der Waals surface area contributed by atoms with E-state index < -0.39 is 11.8 Å². The Morgan fingerprint density at radius 2 is 1.86 bits per heavy atom. The van der Waals surface area contributed by atoms with Gasteiger partial charge in [0.15, 0.2) is 0 Å². The van der Waals surface area contributed by atoms with E-state index in [0.29, 0.717) is 21.3 Å². The maximum atomic E-state index is 12.4. The van der Waals surface area contributed by atoms with Crippen LogP contribution < -0.4 is 15.6 Å². The first-order valence-corrected chi connectivity index (χ1v) is 10.0. The predicted molar refractivity (Wildman–Crippen MR) is 110 cm³/mol. The lowest BCUT2D eigenvalue weighted by atomic mass is 10.2. The number of nitrogens with one attached hydrogen (secondary N) is 2. The molecule has 2 amide bonds.